The number of rotatable bonds is 4. The summed E-state index contributed by atoms with van der Waals surface area (Å²) in [6, 6.07) is 0. The Morgan fingerprint density at radius 2 is 2.00 bits per heavy atom. The summed E-state index contributed by atoms with van der Waals surface area (Å²) in [7, 11) is 0. The third-order valence-electron chi connectivity index (χ3n) is 3.58. The van der Waals surface area contributed by atoms with Crippen molar-refractivity contribution in [3.8, 4) is 0 Å². The Bertz CT molecular complexity index is 359. The number of aromatic nitrogens is 2. The summed E-state index contributed by atoms with van der Waals surface area (Å²) in [5.41, 5.74) is 0.0521. The van der Waals surface area contributed by atoms with Gasteiger partial charge in [0.15, 0.2) is 0 Å². The minimum Gasteiger partial charge on any atom is -0.313 e. The topological polar surface area (TPSA) is 37.8 Å². The molecule has 3 nitrogen and oxygen atoms in total. The summed E-state index contributed by atoms with van der Waals surface area (Å²) in [6.07, 6.45) is 9.17. The van der Waals surface area contributed by atoms with E-state index in [1.54, 1.807) is 6.20 Å². The number of H-pyrrole nitrogens is 1. The molecule has 14 heavy (non-hydrogen) atoms. The number of nitrogens with zero attached hydrogens (tertiary/aromatic N) is 1. The minimum atomic E-state index is 0.0521. The molecule has 0 atom stereocenters. The van der Waals surface area contributed by atoms with Gasteiger partial charge in [0.25, 0.3) is 0 Å². The third-order valence-corrected chi connectivity index (χ3v) is 3.58. The Morgan fingerprint density at radius 1 is 1.36 bits per heavy atom. The number of imidazole rings is 1. The maximum atomic E-state index is 11.3. The van der Waals surface area contributed by atoms with E-state index in [1.165, 1.54) is 25.7 Å². The lowest BCUT2D eigenvalue weighted by molar-refractivity contribution is 0.345. The summed E-state index contributed by atoms with van der Waals surface area (Å²) >= 11 is 0. The van der Waals surface area contributed by atoms with E-state index in [0.29, 0.717) is 0 Å². The van der Waals surface area contributed by atoms with Gasteiger partial charge >= 0.3 is 5.69 Å². The highest BCUT2D eigenvalue weighted by Gasteiger charge is 2.41. The molecule has 0 radical (unpaired) electrons. The van der Waals surface area contributed by atoms with Crippen LogP contribution >= 0.6 is 0 Å². The van der Waals surface area contributed by atoms with Gasteiger partial charge in [-0.25, -0.2) is 4.79 Å². The summed E-state index contributed by atoms with van der Waals surface area (Å²) < 4.78 is 1.83. The summed E-state index contributed by atoms with van der Waals surface area (Å²) in [5.74, 6) is 2.62. The maximum absolute atomic E-state index is 11.3. The van der Waals surface area contributed by atoms with E-state index < -0.39 is 0 Å². The van der Waals surface area contributed by atoms with Crippen molar-refractivity contribution in [2.24, 2.45) is 17.8 Å². The predicted molar refractivity (Wildman–Crippen MR) is 54.0 cm³/mol. The first-order valence-electron chi connectivity index (χ1n) is 5.58. The monoisotopic (exact) mass is 192 g/mol. The quantitative estimate of drug-likeness (QED) is 0.773. The molecule has 0 bridgehead atoms. The first kappa shape index (κ1) is 8.33. The molecule has 0 amide bonds. The van der Waals surface area contributed by atoms with Gasteiger partial charge in [0, 0.05) is 18.9 Å². The van der Waals surface area contributed by atoms with Crippen LogP contribution in [0.5, 0.6) is 0 Å². The lowest BCUT2D eigenvalue weighted by Crippen LogP contribution is -2.23. The van der Waals surface area contributed by atoms with Crippen molar-refractivity contribution < 1.29 is 0 Å². The zero-order valence-electron chi connectivity index (χ0n) is 8.28. The molecular weight excluding hydrogens is 176 g/mol. The van der Waals surface area contributed by atoms with Crippen LogP contribution in [0.25, 0.3) is 0 Å². The van der Waals surface area contributed by atoms with Gasteiger partial charge < -0.3 is 4.98 Å². The van der Waals surface area contributed by atoms with Gasteiger partial charge in [-0.1, -0.05) is 0 Å². The second-order valence-electron chi connectivity index (χ2n) is 4.76. The van der Waals surface area contributed by atoms with E-state index in [4.69, 9.17) is 0 Å². The molecule has 3 rings (SSSR count). The first-order chi connectivity index (χ1) is 6.84. The Balaban J connectivity index is 1.74. The van der Waals surface area contributed by atoms with Crippen molar-refractivity contribution in [1.29, 1.82) is 0 Å². The molecule has 2 aliphatic carbocycles. The fourth-order valence-corrected chi connectivity index (χ4v) is 2.45. The van der Waals surface area contributed by atoms with Gasteiger partial charge in [-0.15, -0.1) is 0 Å². The van der Waals surface area contributed by atoms with Crippen LogP contribution in [-0.2, 0) is 6.54 Å². The molecule has 0 saturated heterocycles. The van der Waals surface area contributed by atoms with Crippen molar-refractivity contribution in [2.45, 2.75) is 32.2 Å². The Hall–Kier alpha value is -0.990. The predicted octanol–water partition coefficient (Wildman–Crippen LogP) is 1.61. The maximum Gasteiger partial charge on any atom is 0.325 e. The summed E-state index contributed by atoms with van der Waals surface area (Å²) in [5, 5.41) is 0. The second kappa shape index (κ2) is 3.01. The average Bonchev–Trinajstić information content (AvgIpc) is 3.05. The average molecular weight is 192 g/mol. The third kappa shape index (κ3) is 1.51. The van der Waals surface area contributed by atoms with Crippen LogP contribution in [0.1, 0.15) is 25.7 Å². The Labute approximate surface area is 83.1 Å². The first-order valence-corrected chi connectivity index (χ1v) is 5.58. The normalized spacial score (nSPS) is 21.8. The van der Waals surface area contributed by atoms with E-state index in [9.17, 15) is 4.79 Å². The van der Waals surface area contributed by atoms with Crippen LogP contribution in [0, 0.1) is 17.8 Å². The van der Waals surface area contributed by atoms with Crippen molar-refractivity contribution >= 4 is 0 Å². The van der Waals surface area contributed by atoms with Gasteiger partial charge in [-0.05, 0) is 43.4 Å². The molecule has 0 aliphatic heterocycles. The van der Waals surface area contributed by atoms with Crippen LogP contribution in [-0.4, -0.2) is 9.55 Å². The molecule has 0 unspecified atom stereocenters. The van der Waals surface area contributed by atoms with Crippen molar-refractivity contribution in [3.05, 3.63) is 22.9 Å². The Morgan fingerprint density at radius 3 is 2.43 bits per heavy atom. The van der Waals surface area contributed by atoms with Gasteiger partial charge in [-0.3, -0.25) is 4.57 Å². The van der Waals surface area contributed by atoms with Crippen LogP contribution in [0.15, 0.2) is 17.2 Å². The summed E-state index contributed by atoms with van der Waals surface area (Å²) in [6.45, 7) is 0.942. The smallest absolute Gasteiger partial charge is 0.313 e. The molecule has 0 spiro atoms. The van der Waals surface area contributed by atoms with E-state index in [2.05, 4.69) is 4.98 Å². The van der Waals surface area contributed by atoms with Gasteiger partial charge in [0.05, 0.1) is 0 Å². The van der Waals surface area contributed by atoms with Gasteiger partial charge in [-0.2, -0.15) is 0 Å². The van der Waals surface area contributed by atoms with Gasteiger partial charge in [0.1, 0.15) is 0 Å². The van der Waals surface area contributed by atoms with Crippen LogP contribution in [0.2, 0.25) is 0 Å². The lowest BCUT2D eigenvalue weighted by atomic mass is 9.98. The molecule has 2 fully saturated rings. The molecule has 3 heteroatoms. The standard InChI is InChI=1S/C11H16N2O/c14-11-12-5-6-13(11)7-10(8-1-2-8)9-3-4-9/h5-6,8-10H,1-4,7H2,(H,12,14). The van der Waals surface area contributed by atoms with Gasteiger partial charge in [0.2, 0.25) is 0 Å². The molecule has 0 aromatic carbocycles. The highest BCUT2D eigenvalue weighted by molar-refractivity contribution is 4.92. The zero-order chi connectivity index (χ0) is 9.54. The number of nitrogens with one attached hydrogen (secondary N) is 1. The van der Waals surface area contributed by atoms with E-state index in [0.717, 1.165) is 24.3 Å². The van der Waals surface area contributed by atoms with E-state index >= 15 is 0 Å². The minimum absolute atomic E-state index is 0.0521. The van der Waals surface area contributed by atoms with Crippen molar-refractivity contribution in [1.82, 2.24) is 9.55 Å². The molecule has 2 saturated carbocycles. The Kier molecular flexibility index (Phi) is 1.79. The lowest BCUT2D eigenvalue weighted by Gasteiger charge is -2.14. The second-order valence-corrected chi connectivity index (χ2v) is 4.76. The van der Waals surface area contributed by atoms with Crippen LogP contribution in [0.4, 0.5) is 0 Å². The molecule has 76 valence electrons. The molecular formula is C11H16N2O. The van der Waals surface area contributed by atoms with Crippen molar-refractivity contribution in [3.63, 3.8) is 0 Å². The molecule has 1 aromatic rings. The van der Waals surface area contributed by atoms with E-state index in [1.807, 2.05) is 10.8 Å². The SMILES string of the molecule is O=c1[nH]ccn1CC(C1CC1)C1CC1. The highest BCUT2D eigenvalue weighted by Crippen LogP contribution is 2.49. The molecule has 1 heterocycles. The van der Waals surface area contributed by atoms with Crippen molar-refractivity contribution in [2.75, 3.05) is 0 Å². The number of hydrogen-bond donors (Lipinski definition) is 1. The fraction of sp³-hybridized carbons (Fsp3) is 0.727. The largest absolute Gasteiger partial charge is 0.325 e. The number of hydrogen-bond acceptors (Lipinski definition) is 1. The fourth-order valence-electron chi connectivity index (χ4n) is 2.45. The molecule has 1 aromatic heterocycles. The van der Waals surface area contributed by atoms with E-state index in [-0.39, 0.29) is 5.69 Å². The van der Waals surface area contributed by atoms with Crippen LogP contribution in [0.3, 0.4) is 0 Å². The van der Waals surface area contributed by atoms with Crippen LogP contribution < -0.4 is 5.69 Å². The highest BCUT2D eigenvalue weighted by atomic mass is 16.1. The number of aromatic amines is 1. The summed E-state index contributed by atoms with van der Waals surface area (Å²) in [4.78, 5) is 14.0. The molecule has 2 aliphatic rings. The zero-order valence-corrected chi connectivity index (χ0v) is 8.28. The molecule has 1 N–H and O–H groups in total.